The Balaban J connectivity index is 1.60. The number of rotatable bonds is 5. The summed E-state index contributed by atoms with van der Waals surface area (Å²) < 4.78 is 6.05. The van der Waals surface area contributed by atoms with Crippen molar-refractivity contribution in [2.45, 2.75) is 19.8 Å². The fourth-order valence-electron chi connectivity index (χ4n) is 3.50. The number of nitrogens with zero attached hydrogens (tertiary/aromatic N) is 2. The molecule has 7 heteroatoms. The second-order valence-corrected chi connectivity index (χ2v) is 7.18. The average Bonchev–Trinajstić information content (AvgIpc) is 2.76. The maximum atomic E-state index is 12.8. The van der Waals surface area contributed by atoms with Crippen LogP contribution in [0.1, 0.15) is 22.9 Å². The highest BCUT2D eigenvalue weighted by Gasteiger charge is 2.30. The first kappa shape index (κ1) is 19.6. The van der Waals surface area contributed by atoms with E-state index in [2.05, 4.69) is 5.32 Å². The van der Waals surface area contributed by atoms with Crippen molar-refractivity contribution in [2.75, 3.05) is 16.8 Å². The molecule has 30 heavy (non-hydrogen) atoms. The molecule has 1 aliphatic rings. The molecule has 0 saturated carbocycles. The number of carbonyl (C=O) groups excluding carboxylic acids is 1. The van der Waals surface area contributed by atoms with Crippen LogP contribution in [-0.4, -0.2) is 17.4 Å². The summed E-state index contributed by atoms with van der Waals surface area (Å²) in [5.74, 6) is -0.175. The lowest BCUT2D eigenvalue weighted by atomic mass is 10.1. The van der Waals surface area contributed by atoms with Crippen LogP contribution in [0.25, 0.3) is 0 Å². The number of carbonyl (C=O) groups is 1. The van der Waals surface area contributed by atoms with Crippen molar-refractivity contribution < 1.29 is 14.5 Å². The quantitative estimate of drug-likeness (QED) is 0.498. The fraction of sp³-hybridized carbons (Fsp3) is 0.174. The number of anilines is 2. The number of fused-ring (bicyclic) bond motifs is 1. The van der Waals surface area contributed by atoms with Crippen molar-refractivity contribution in [3.8, 4) is 0 Å². The summed E-state index contributed by atoms with van der Waals surface area (Å²) in [5, 5.41) is 13.9. The van der Waals surface area contributed by atoms with Crippen molar-refractivity contribution in [1.82, 2.24) is 0 Å². The summed E-state index contributed by atoms with van der Waals surface area (Å²) in [6.45, 7) is 2.46. The molecular weight excluding hydrogens is 382 g/mol. The average molecular weight is 403 g/mol. The van der Waals surface area contributed by atoms with E-state index in [9.17, 15) is 14.9 Å². The Kier molecular flexibility index (Phi) is 5.45. The zero-order valence-electron chi connectivity index (χ0n) is 16.4. The summed E-state index contributed by atoms with van der Waals surface area (Å²) in [6, 6.07) is 21.6. The number of nitro benzene ring substituents is 1. The van der Waals surface area contributed by atoms with Gasteiger partial charge in [-0.2, -0.15) is 0 Å². The van der Waals surface area contributed by atoms with Crippen LogP contribution in [0, 0.1) is 17.0 Å². The molecular formula is C23H21N3O4. The van der Waals surface area contributed by atoms with Gasteiger partial charge in [0, 0.05) is 34.6 Å². The molecule has 7 nitrogen and oxygen atoms in total. The molecule has 4 rings (SSSR count). The van der Waals surface area contributed by atoms with E-state index >= 15 is 0 Å². The molecule has 1 N–H and O–H groups in total. The van der Waals surface area contributed by atoms with Crippen LogP contribution in [0.3, 0.4) is 0 Å². The topological polar surface area (TPSA) is 84.7 Å². The van der Waals surface area contributed by atoms with Crippen LogP contribution in [0.2, 0.25) is 0 Å². The number of nitrogens with one attached hydrogen (secondary N) is 1. The van der Waals surface area contributed by atoms with Gasteiger partial charge in [-0.05, 0) is 37.3 Å². The standard InChI is InChI=1S/C23H21N3O4/c1-16-6-10-19(11-7-16)24-22(27)14-25-21-5-3-2-4-18(21)15-30-23(25)17-8-12-20(13-9-17)26(28)29/h2-13,23H,14-15H2,1H3,(H,24,27). The Morgan fingerprint density at radius 1 is 1.10 bits per heavy atom. The summed E-state index contributed by atoms with van der Waals surface area (Å²) in [5.41, 5.74) is 4.50. The molecule has 1 amide bonds. The van der Waals surface area contributed by atoms with Crippen LogP contribution < -0.4 is 10.2 Å². The van der Waals surface area contributed by atoms with Crippen LogP contribution in [0.5, 0.6) is 0 Å². The fourth-order valence-corrected chi connectivity index (χ4v) is 3.50. The van der Waals surface area contributed by atoms with E-state index in [1.54, 1.807) is 12.1 Å². The molecule has 0 spiro atoms. The monoisotopic (exact) mass is 403 g/mol. The highest BCUT2D eigenvalue weighted by Crippen LogP contribution is 2.37. The van der Waals surface area contributed by atoms with Crippen LogP contribution in [0.4, 0.5) is 17.1 Å². The minimum absolute atomic E-state index is 0.0126. The molecule has 0 saturated heterocycles. The zero-order chi connectivity index (χ0) is 21.1. The first-order valence-electron chi connectivity index (χ1n) is 9.58. The van der Waals surface area contributed by atoms with E-state index in [1.807, 2.05) is 60.4 Å². The molecule has 0 radical (unpaired) electrons. The van der Waals surface area contributed by atoms with Crippen LogP contribution >= 0.6 is 0 Å². The zero-order valence-corrected chi connectivity index (χ0v) is 16.4. The summed E-state index contributed by atoms with van der Waals surface area (Å²) in [6.07, 6.45) is -0.524. The van der Waals surface area contributed by atoms with Gasteiger partial charge < -0.3 is 15.0 Å². The lowest BCUT2D eigenvalue weighted by Crippen LogP contribution is -2.40. The van der Waals surface area contributed by atoms with Gasteiger partial charge in [-0.15, -0.1) is 0 Å². The Morgan fingerprint density at radius 2 is 1.80 bits per heavy atom. The predicted molar refractivity (Wildman–Crippen MR) is 114 cm³/mol. The van der Waals surface area contributed by atoms with Gasteiger partial charge in [0.25, 0.3) is 5.69 Å². The maximum Gasteiger partial charge on any atom is 0.269 e. The van der Waals surface area contributed by atoms with Gasteiger partial charge >= 0.3 is 0 Å². The number of non-ortho nitro benzene ring substituents is 1. The van der Waals surface area contributed by atoms with Crippen molar-refractivity contribution in [3.63, 3.8) is 0 Å². The molecule has 0 aliphatic carbocycles. The van der Waals surface area contributed by atoms with E-state index in [4.69, 9.17) is 4.74 Å². The number of para-hydroxylation sites is 1. The number of ether oxygens (including phenoxy) is 1. The molecule has 1 heterocycles. The van der Waals surface area contributed by atoms with Crippen molar-refractivity contribution >= 4 is 23.0 Å². The smallest absolute Gasteiger partial charge is 0.269 e. The second-order valence-electron chi connectivity index (χ2n) is 7.18. The van der Waals surface area contributed by atoms with Crippen LogP contribution in [0.15, 0.2) is 72.8 Å². The molecule has 0 fully saturated rings. The normalized spacial score (nSPS) is 15.4. The number of aryl methyl sites for hydroxylation is 1. The van der Waals surface area contributed by atoms with Crippen LogP contribution in [-0.2, 0) is 16.1 Å². The van der Waals surface area contributed by atoms with Gasteiger partial charge in [-0.1, -0.05) is 35.9 Å². The molecule has 0 aromatic heterocycles. The minimum atomic E-state index is -0.524. The number of nitro groups is 1. The number of hydrogen-bond acceptors (Lipinski definition) is 5. The summed E-state index contributed by atoms with van der Waals surface area (Å²) >= 11 is 0. The molecule has 3 aromatic carbocycles. The minimum Gasteiger partial charge on any atom is -0.349 e. The lowest BCUT2D eigenvalue weighted by molar-refractivity contribution is -0.384. The van der Waals surface area contributed by atoms with Gasteiger partial charge in [-0.3, -0.25) is 14.9 Å². The van der Waals surface area contributed by atoms with Gasteiger partial charge in [-0.25, -0.2) is 0 Å². The van der Waals surface area contributed by atoms with E-state index in [1.165, 1.54) is 12.1 Å². The Labute approximate surface area is 174 Å². The predicted octanol–water partition coefficient (Wildman–Crippen LogP) is 4.58. The van der Waals surface area contributed by atoms with Crippen molar-refractivity contribution in [1.29, 1.82) is 0 Å². The Morgan fingerprint density at radius 3 is 2.50 bits per heavy atom. The van der Waals surface area contributed by atoms with Gasteiger partial charge in [0.1, 0.15) is 6.54 Å². The lowest BCUT2D eigenvalue weighted by Gasteiger charge is -2.38. The van der Waals surface area contributed by atoms with E-state index < -0.39 is 11.2 Å². The third-order valence-corrected chi connectivity index (χ3v) is 5.02. The van der Waals surface area contributed by atoms with Crippen molar-refractivity contribution in [2.24, 2.45) is 0 Å². The molecule has 3 aromatic rings. The number of benzene rings is 3. The van der Waals surface area contributed by atoms with E-state index in [-0.39, 0.29) is 18.1 Å². The molecule has 1 atom stereocenters. The van der Waals surface area contributed by atoms with Gasteiger partial charge in [0.15, 0.2) is 6.23 Å². The molecule has 152 valence electrons. The third kappa shape index (κ3) is 4.16. The van der Waals surface area contributed by atoms with E-state index in [0.717, 1.165) is 28.1 Å². The SMILES string of the molecule is Cc1ccc(NC(=O)CN2c3ccccc3COC2c2ccc([N+](=O)[O-])cc2)cc1. The van der Waals surface area contributed by atoms with Gasteiger partial charge in [0.2, 0.25) is 5.91 Å². The highest BCUT2D eigenvalue weighted by atomic mass is 16.6. The van der Waals surface area contributed by atoms with Gasteiger partial charge in [0.05, 0.1) is 11.5 Å². The van der Waals surface area contributed by atoms with Crippen molar-refractivity contribution in [3.05, 3.63) is 99.6 Å². The summed E-state index contributed by atoms with van der Waals surface area (Å²) in [4.78, 5) is 25.2. The highest BCUT2D eigenvalue weighted by molar-refractivity contribution is 5.94. The Bertz CT molecular complexity index is 1060. The largest absolute Gasteiger partial charge is 0.349 e. The third-order valence-electron chi connectivity index (χ3n) is 5.02. The molecule has 1 aliphatic heterocycles. The first-order valence-corrected chi connectivity index (χ1v) is 9.58. The first-order chi connectivity index (χ1) is 14.5. The summed E-state index contributed by atoms with van der Waals surface area (Å²) in [7, 11) is 0. The van der Waals surface area contributed by atoms with E-state index in [0.29, 0.717) is 6.61 Å². The molecule has 0 bridgehead atoms. The second kappa shape index (κ2) is 8.34. The maximum absolute atomic E-state index is 12.8. The number of hydrogen-bond donors (Lipinski definition) is 1. The molecule has 1 unspecified atom stereocenters. The number of amides is 1. The Hall–Kier alpha value is -3.71.